The van der Waals surface area contributed by atoms with Crippen LogP contribution in [-0.4, -0.2) is 20.5 Å². The molecule has 0 spiro atoms. The summed E-state index contributed by atoms with van der Waals surface area (Å²) in [5.41, 5.74) is 3.49. The molecule has 1 heterocycles. The second kappa shape index (κ2) is 7.47. The van der Waals surface area contributed by atoms with Gasteiger partial charge >= 0.3 is 0 Å². The van der Waals surface area contributed by atoms with Crippen LogP contribution in [0.2, 0.25) is 0 Å². The number of rotatable bonds is 7. The molecule has 1 aromatic heterocycles. The van der Waals surface area contributed by atoms with Crippen molar-refractivity contribution in [2.24, 2.45) is 5.41 Å². The van der Waals surface area contributed by atoms with E-state index in [9.17, 15) is 0 Å². The number of hydrogen-bond acceptors (Lipinski definition) is 3. The van der Waals surface area contributed by atoms with Crippen LogP contribution in [0.3, 0.4) is 0 Å². The van der Waals surface area contributed by atoms with Gasteiger partial charge in [0.05, 0.1) is 6.54 Å². The van der Waals surface area contributed by atoms with Gasteiger partial charge in [-0.05, 0) is 32.1 Å². The van der Waals surface area contributed by atoms with Gasteiger partial charge in [0.1, 0.15) is 11.4 Å². The topological polar surface area (TPSA) is 42.7 Å². The molecule has 0 radical (unpaired) electrons. The van der Waals surface area contributed by atoms with Crippen molar-refractivity contribution in [2.45, 2.75) is 73.0 Å². The largest absolute Gasteiger partial charge is 0.306 e. The first-order valence-corrected chi connectivity index (χ1v) is 8.95. The standard InChI is InChI=1S/C20H32N4/c1-7-13-24-22-17(14-21-20(5,6)15-19(2,3)4)18(23-24)16-11-9-8-10-12-16/h8-12,21H,7,13-15H2,1-6H3. The summed E-state index contributed by atoms with van der Waals surface area (Å²) in [7, 11) is 0. The zero-order chi connectivity index (χ0) is 17.8. The minimum atomic E-state index is 0.0563. The van der Waals surface area contributed by atoms with Gasteiger partial charge in [-0.1, -0.05) is 58.0 Å². The molecule has 4 nitrogen and oxygen atoms in total. The monoisotopic (exact) mass is 328 g/mol. The Morgan fingerprint density at radius 3 is 2.25 bits per heavy atom. The van der Waals surface area contributed by atoms with Crippen molar-refractivity contribution >= 4 is 0 Å². The molecule has 0 saturated heterocycles. The fraction of sp³-hybridized carbons (Fsp3) is 0.600. The zero-order valence-electron chi connectivity index (χ0n) is 16.1. The number of nitrogens with one attached hydrogen (secondary N) is 1. The summed E-state index contributed by atoms with van der Waals surface area (Å²) < 4.78 is 0. The highest BCUT2D eigenvalue weighted by molar-refractivity contribution is 5.60. The van der Waals surface area contributed by atoms with Crippen LogP contribution in [0, 0.1) is 5.41 Å². The van der Waals surface area contributed by atoms with Crippen molar-refractivity contribution in [3.05, 3.63) is 36.0 Å². The lowest BCUT2D eigenvalue weighted by molar-refractivity contribution is 0.240. The van der Waals surface area contributed by atoms with Crippen LogP contribution in [0.4, 0.5) is 0 Å². The van der Waals surface area contributed by atoms with Gasteiger partial charge in [-0.25, -0.2) is 0 Å². The van der Waals surface area contributed by atoms with Gasteiger partial charge in [0.2, 0.25) is 0 Å². The van der Waals surface area contributed by atoms with E-state index in [1.54, 1.807) is 0 Å². The van der Waals surface area contributed by atoms with Crippen molar-refractivity contribution in [2.75, 3.05) is 0 Å². The molecule has 0 atom stereocenters. The Balaban J connectivity index is 2.20. The van der Waals surface area contributed by atoms with Gasteiger partial charge in [-0.15, -0.1) is 0 Å². The fourth-order valence-corrected chi connectivity index (χ4v) is 3.33. The summed E-state index contributed by atoms with van der Waals surface area (Å²) in [5, 5.41) is 13.1. The van der Waals surface area contributed by atoms with E-state index in [4.69, 9.17) is 10.2 Å². The second-order valence-electron chi connectivity index (χ2n) is 8.43. The van der Waals surface area contributed by atoms with Crippen LogP contribution < -0.4 is 5.32 Å². The minimum Gasteiger partial charge on any atom is -0.306 e. The van der Waals surface area contributed by atoms with E-state index in [2.05, 4.69) is 71.1 Å². The summed E-state index contributed by atoms with van der Waals surface area (Å²) in [5.74, 6) is 0. The molecule has 1 aromatic carbocycles. The lowest BCUT2D eigenvalue weighted by Crippen LogP contribution is -2.42. The van der Waals surface area contributed by atoms with Crippen LogP contribution in [-0.2, 0) is 13.1 Å². The average Bonchev–Trinajstić information content (AvgIpc) is 2.87. The van der Waals surface area contributed by atoms with Crippen molar-refractivity contribution in [3.8, 4) is 11.3 Å². The lowest BCUT2D eigenvalue weighted by atomic mass is 9.82. The molecule has 0 fully saturated rings. The van der Waals surface area contributed by atoms with Crippen LogP contribution in [0.1, 0.15) is 60.1 Å². The van der Waals surface area contributed by atoms with Gasteiger partial charge in [0.15, 0.2) is 0 Å². The van der Waals surface area contributed by atoms with Crippen molar-refractivity contribution in [1.82, 2.24) is 20.3 Å². The van der Waals surface area contributed by atoms with Crippen LogP contribution in [0.25, 0.3) is 11.3 Å². The van der Waals surface area contributed by atoms with Gasteiger partial charge in [0, 0.05) is 17.6 Å². The highest BCUT2D eigenvalue weighted by Gasteiger charge is 2.25. The highest BCUT2D eigenvalue weighted by atomic mass is 15.5. The number of aryl methyl sites for hydroxylation is 1. The van der Waals surface area contributed by atoms with E-state index in [1.165, 1.54) is 0 Å². The van der Waals surface area contributed by atoms with Gasteiger partial charge < -0.3 is 5.32 Å². The Bertz CT molecular complexity index is 635. The van der Waals surface area contributed by atoms with Crippen LogP contribution in [0.5, 0.6) is 0 Å². The molecule has 24 heavy (non-hydrogen) atoms. The molecule has 0 amide bonds. The van der Waals surface area contributed by atoms with E-state index >= 15 is 0 Å². The summed E-state index contributed by atoms with van der Waals surface area (Å²) in [6.07, 6.45) is 2.13. The third kappa shape index (κ3) is 5.45. The highest BCUT2D eigenvalue weighted by Crippen LogP contribution is 2.27. The molecule has 0 aliphatic heterocycles. The summed E-state index contributed by atoms with van der Waals surface area (Å²) in [6.45, 7) is 15.1. The summed E-state index contributed by atoms with van der Waals surface area (Å²) in [4.78, 5) is 1.83. The number of hydrogen-bond donors (Lipinski definition) is 1. The predicted molar refractivity (Wildman–Crippen MR) is 101 cm³/mol. The SMILES string of the molecule is CCCn1nc(CNC(C)(C)CC(C)(C)C)c(-c2ccccc2)n1. The third-order valence-electron chi connectivity index (χ3n) is 3.90. The molecule has 0 bridgehead atoms. The van der Waals surface area contributed by atoms with Gasteiger partial charge in [-0.3, -0.25) is 0 Å². The Morgan fingerprint density at radius 2 is 1.67 bits per heavy atom. The van der Waals surface area contributed by atoms with E-state index in [1.807, 2.05) is 10.9 Å². The van der Waals surface area contributed by atoms with E-state index in [0.29, 0.717) is 5.41 Å². The van der Waals surface area contributed by atoms with Crippen molar-refractivity contribution in [1.29, 1.82) is 0 Å². The van der Waals surface area contributed by atoms with Gasteiger partial charge in [-0.2, -0.15) is 15.0 Å². The molecule has 4 heteroatoms. The molecule has 2 rings (SSSR count). The molecule has 2 aromatic rings. The summed E-state index contributed by atoms with van der Waals surface area (Å²) >= 11 is 0. The average molecular weight is 329 g/mol. The fourth-order valence-electron chi connectivity index (χ4n) is 3.33. The molecule has 1 N–H and O–H groups in total. The summed E-state index contributed by atoms with van der Waals surface area (Å²) in [6, 6.07) is 10.3. The number of nitrogens with zero attached hydrogens (tertiary/aromatic N) is 3. The van der Waals surface area contributed by atoms with Crippen molar-refractivity contribution < 1.29 is 0 Å². The molecule has 132 valence electrons. The molecular formula is C20H32N4. The first kappa shape index (κ1) is 18.7. The first-order valence-electron chi connectivity index (χ1n) is 8.95. The first-order chi connectivity index (χ1) is 11.2. The predicted octanol–water partition coefficient (Wildman–Crippen LogP) is 4.66. The lowest BCUT2D eigenvalue weighted by Gasteiger charge is -2.33. The smallest absolute Gasteiger partial charge is 0.117 e. The van der Waals surface area contributed by atoms with Gasteiger partial charge in [0.25, 0.3) is 0 Å². The number of benzene rings is 1. The van der Waals surface area contributed by atoms with Crippen molar-refractivity contribution in [3.63, 3.8) is 0 Å². The number of aromatic nitrogens is 3. The molecule has 0 saturated carbocycles. The maximum absolute atomic E-state index is 4.72. The Hall–Kier alpha value is -1.68. The second-order valence-corrected chi connectivity index (χ2v) is 8.43. The van der Waals surface area contributed by atoms with E-state index in [-0.39, 0.29) is 5.54 Å². The Labute approximate surface area is 146 Å². The Morgan fingerprint density at radius 1 is 1.00 bits per heavy atom. The van der Waals surface area contributed by atoms with Crippen LogP contribution in [0.15, 0.2) is 30.3 Å². The molecule has 0 aliphatic carbocycles. The molecule has 0 unspecified atom stereocenters. The third-order valence-corrected chi connectivity index (χ3v) is 3.90. The van der Waals surface area contributed by atoms with Crippen LogP contribution >= 0.6 is 0 Å². The quantitative estimate of drug-likeness (QED) is 0.804. The normalized spacial score (nSPS) is 12.6. The molecular weight excluding hydrogens is 296 g/mol. The minimum absolute atomic E-state index is 0.0563. The van der Waals surface area contributed by atoms with E-state index < -0.39 is 0 Å². The maximum Gasteiger partial charge on any atom is 0.117 e. The maximum atomic E-state index is 4.72. The zero-order valence-corrected chi connectivity index (χ0v) is 16.1. The molecule has 0 aliphatic rings. The Kier molecular flexibility index (Phi) is 5.81. The van der Waals surface area contributed by atoms with E-state index in [0.717, 1.165) is 42.9 Å².